The lowest BCUT2D eigenvalue weighted by Gasteiger charge is -2.05. The van der Waals surface area contributed by atoms with Crippen LogP contribution in [0.4, 0.5) is 10.1 Å². The number of nitrogens with zero attached hydrogens (tertiary/aromatic N) is 3. The van der Waals surface area contributed by atoms with Crippen molar-refractivity contribution in [3.63, 3.8) is 0 Å². The fraction of sp³-hybridized carbons (Fsp3) is 0.111. The first-order valence-corrected chi connectivity index (χ1v) is 7.58. The van der Waals surface area contributed by atoms with Gasteiger partial charge < -0.3 is 10.5 Å². The Morgan fingerprint density at radius 3 is 2.67 bits per heavy atom. The van der Waals surface area contributed by atoms with Crippen molar-refractivity contribution >= 4 is 22.5 Å². The number of rotatable bonds is 4. The Labute approximate surface area is 137 Å². The van der Waals surface area contributed by atoms with Gasteiger partial charge in [-0.15, -0.1) is 0 Å². The maximum Gasteiger partial charge on any atom is 0.235 e. The van der Waals surface area contributed by atoms with Crippen LogP contribution in [0.5, 0.6) is 5.75 Å². The maximum absolute atomic E-state index is 12.1. The molecule has 0 fully saturated rings. The minimum Gasteiger partial charge on any atom is -0.491 e. The van der Waals surface area contributed by atoms with Crippen LogP contribution in [-0.2, 0) is 0 Å². The summed E-state index contributed by atoms with van der Waals surface area (Å²) < 4.78 is 19.3. The van der Waals surface area contributed by atoms with Gasteiger partial charge in [-0.1, -0.05) is 0 Å². The molecule has 2 aromatic carbocycles. The molecule has 24 heavy (non-hydrogen) atoms. The molecule has 5 nitrogen and oxygen atoms in total. The van der Waals surface area contributed by atoms with Crippen LogP contribution in [0.1, 0.15) is 0 Å². The lowest BCUT2D eigenvalue weighted by molar-refractivity contribution is 0.273. The molecule has 0 aliphatic heterocycles. The van der Waals surface area contributed by atoms with Crippen molar-refractivity contribution in [2.24, 2.45) is 0 Å². The van der Waals surface area contributed by atoms with E-state index >= 15 is 0 Å². The summed E-state index contributed by atoms with van der Waals surface area (Å²) in [6.45, 7) is -0.439. The van der Waals surface area contributed by atoms with Crippen LogP contribution in [0, 0.1) is 0 Å². The zero-order valence-corrected chi connectivity index (χ0v) is 12.8. The van der Waals surface area contributed by atoms with Crippen LogP contribution in [0.15, 0.2) is 54.7 Å². The van der Waals surface area contributed by atoms with Gasteiger partial charge in [0.1, 0.15) is 19.0 Å². The molecule has 0 amide bonds. The normalized spacial score (nSPS) is 11.2. The molecule has 0 saturated carbocycles. The predicted octanol–water partition coefficient (Wildman–Crippen LogP) is 3.48. The van der Waals surface area contributed by atoms with Crippen LogP contribution in [0.25, 0.3) is 28.1 Å². The minimum absolute atomic E-state index is 0.0628. The van der Waals surface area contributed by atoms with Gasteiger partial charge in [-0.3, -0.25) is 4.40 Å². The molecular formula is C18H15FN4O. The van der Waals surface area contributed by atoms with Crippen LogP contribution in [0.2, 0.25) is 0 Å². The van der Waals surface area contributed by atoms with Gasteiger partial charge in [0.2, 0.25) is 5.78 Å². The number of hydrogen-bond donors (Lipinski definition) is 1. The highest BCUT2D eigenvalue weighted by molar-refractivity contribution is 5.83. The van der Waals surface area contributed by atoms with Crippen molar-refractivity contribution in [2.45, 2.75) is 0 Å². The van der Waals surface area contributed by atoms with Gasteiger partial charge in [0.15, 0.2) is 0 Å². The van der Waals surface area contributed by atoms with E-state index in [0.717, 1.165) is 22.3 Å². The summed E-state index contributed by atoms with van der Waals surface area (Å²) in [6.07, 6.45) is 1.93. The highest BCUT2D eigenvalue weighted by Gasteiger charge is 2.08. The number of benzene rings is 2. The molecule has 120 valence electrons. The number of imidazole rings is 1. The highest BCUT2D eigenvalue weighted by atomic mass is 19.1. The van der Waals surface area contributed by atoms with E-state index in [1.54, 1.807) is 12.1 Å². The summed E-state index contributed by atoms with van der Waals surface area (Å²) in [5.41, 5.74) is 10.1. The van der Waals surface area contributed by atoms with Crippen LogP contribution in [0.3, 0.4) is 0 Å². The van der Waals surface area contributed by atoms with Crippen LogP contribution >= 0.6 is 0 Å². The van der Waals surface area contributed by atoms with Crippen molar-refractivity contribution in [1.29, 1.82) is 0 Å². The fourth-order valence-corrected chi connectivity index (χ4v) is 2.65. The number of nitrogen functional groups attached to an aromatic ring is 1. The quantitative estimate of drug-likeness (QED) is 0.584. The van der Waals surface area contributed by atoms with Gasteiger partial charge >= 0.3 is 0 Å². The smallest absolute Gasteiger partial charge is 0.235 e. The number of aromatic nitrogens is 3. The van der Waals surface area contributed by atoms with Crippen molar-refractivity contribution in [2.75, 3.05) is 19.0 Å². The van der Waals surface area contributed by atoms with Gasteiger partial charge in [-0.25, -0.2) is 14.4 Å². The number of hydrogen-bond acceptors (Lipinski definition) is 4. The Bertz CT molecular complexity index is 1010. The first-order valence-electron chi connectivity index (χ1n) is 7.58. The largest absolute Gasteiger partial charge is 0.491 e. The minimum atomic E-state index is -0.502. The van der Waals surface area contributed by atoms with Gasteiger partial charge in [-0.2, -0.15) is 0 Å². The molecule has 4 rings (SSSR count). The third kappa shape index (κ3) is 2.52. The molecule has 0 unspecified atom stereocenters. The average molecular weight is 322 g/mol. The Morgan fingerprint density at radius 1 is 1.04 bits per heavy atom. The second-order valence-electron chi connectivity index (χ2n) is 5.40. The average Bonchev–Trinajstić information content (AvgIpc) is 2.97. The molecule has 2 aromatic heterocycles. The van der Waals surface area contributed by atoms with E-state index in [-0.39, 0.29) is 6.61 Å². The molecule has 6 heteroatoms. The number of ether oxygens (including phenoxy) is 1. The monoisotopic (exact) mass is 322 g/mol. The molecule has 2 N–H and O–H groups in total. The highest BCUT2D eigenvalue weighted by Crippen LogP contribution is 2.23. The number of fused-ring (bicyclic) bond motifs is 3. The third-order valence-electron chi connectivity index (χ3n) is 3.79. The topological polar surface area (TPSA) is 65.4 Å². The van der Waals surface area contributed by atoms with E-state index in [1.165, 1.54) is 0 Å². The zero-order chi connectivity index (χ0) is 16.5. The maximum atomic E-state index is 12.1. The molecule has 2 heterocycles. The van der Waals surface area contributed by atoms with E-state index < -0.39 is 6.67 Å². The number of anilines is 1. The van der Waals surface area contributed by atoms with E-state index in [1.807, 2.05) is 47.0 Å². The molecule has 4 aromatic rings. The Kier molecular flexibility index (Phi) is 3.49. The summed E-state index contributed by atoms with van der Waals surface area (Å²) in [5.74, 6) is 1.25. The molecule has 0 aliphatic carbocycles. The number of alkyl halides is 1. The zero-order valence-electron chi connectivity index (χ0n) is 12.8. The van der Waals surface area contributed by atoms with Gasteiger partial charge in [0, 0.05) is 17.4 Å². The second kappa shape index (κ2) is 5.81. The van der Waals surface area contributed by atoms with Crippen molar-refractivity contribution in [3.8, 4) is 17.0 Å². The van der Waals surface area contributed by atoms with Crippen LogP contribution in [-0.4, -0.2) is 27.7 Å². The van der Waals surface area contributed by atoms with E-state index in [2.05, 4.69) is 9.97 Å². The predicted molar refractivity (Wildman–Crippen MR) is 91.8 cm³/mol. The van der Waals surface area contributed by atoms with Gasteiger partial charge in [0.05, 0.1) is 16.7 Å². The van der Waals surface area contributed by atoms with Crippen molar-refractivity contribution in [1.82, 2.24) is 14.4 Å². The molecule has 0 spiro atoms. The molecule has 0 aliphatic rings. The summed E-state index contributed by atoms with van der Waals surface area (Å²) >= 11 is 0. The molecular weight excluding hydrogens is 307 g/mol. The Hall–Kier alpha value is -3.15. The molecule has 0 bridgehead atoms. The molecule has 0 radical (unpaired) electrons. The second-order valence-corrected chi connectivity index (χ2v) is 5.40. The van der Waals surface area contributed by atoms with E-state index in [4.69, 9.17) is 10.5 Å². The standard InChI is InChI=1S/C18H15FN4O/c19-8-10-24-14-4-1-12(2-5-14)15-7-9-23-17-11-13(20)3-6-16(17)22-18(23)21-15/h1-7,9,11H,8,10,20H2. The number of halogens is 1. The number of nitrogens with two attached hydrogens (primary N) is 1. The van der Waals surface area contributed by atoms with E-state index in [0.29, 0.717) is 17.2 Å². The summed E-state index contributed by atoms with van der Waals surface area (Å²) in [7, 11) is 0. The van der Waals surface area contributed by atoms with Crippen molar-refractivity contribution in [3.05, 3.63) is 54.7 Å². The van der Waals surface area contributed by atoms with Crippen LogP contribution < -0.4 is 10.5 Å². The first kappa shape index (κ1) is 14.4. The Morgan fingerprint density at radius 2 is 1.88 bits per heavy atom. The lowest BCUT2D eigenvalue weighted by atomic mass is 10.1. The van der Waals surface area contributed by atoms with E-state index in [9.17, 15) is 4.39 Å². The summed E-state index contributed by atoms with van der Waals surface area (Å²) in [4.78, 5) is 9.14. The summed E-state index contributed by atoms with van der Waals surface area (Å²) in [5, 5.41) is 0. The molecule has 0 atom stereocenters. The van der Waals surface area contributed by atoms with Crippen molar-refractivity contribution < 1.29 is 9.13 Å². The Balaban J connectivity index is 1.73. The lowest BCUT2D eigenvalue weighted by Crippen LogP contribution is -1.98. The first-order chi connectivity index (χ1) is 11.7. The third-order valence-corrected chi connectivity index (χ3v) is 3.79. The molecule has 0 saturated heterocycles. The SMILES string of the molecule is Nc1ccc2nc3nc(-c4ccc(OCCF)cc4)ccn3c2c1. The van der Waals surface area contributed by atoms with Gasteiger partial charge in [-0.05, 0) is 48.5 Å². The van der Waals surface area contributed by atoms with Gasteiger partial charge in [0.25, 0.3) is 0 Å². The summed E-state index contributed by atoms with van der Waals surface area (Å²) in [6, 6.07) is 14.9. The fourth-order valence-electron chi connectivity index (χ4n) is 2.65.